The topological polar surface area (TPSA) is 183 Å². The molecule has 186 valence electrons. The number of nitrogens with zero attached hydrogens (tertiary/aromatic N) is 5. The van der Waals surface area contributed by atoms with Crippen molar-refractivity contribution in [1.29, 1.82) is 0 Å². The van der Waals surface area contributed by atoms with E-state index in [-0.39, 0.29) is 34.9 Å². The second-order valence-corrected chi connectivity index (χ2v) is 11.6. The molecule has 35 heavy (non-hydrogen) atoms. The van der Waals surface area contributed by atoms with E-state index in [1.807, 2.05) is 0 Å². The Balaban J connectivity index is 1.26. The van der Waals surface area contributed by atoms with Crippen LogP contribution in [0.15, 0.2) is 16.0 Å². The summed E-state index contributed by atoms with van der Waals surface area (Å²) in [5.74, 6) is 0.152. The van der Waals surface area contributed by atoms with Crippen molar-refractivity contribution in [3.63, 3.8) is 0 Å². The summed E-state index contributed by atoms with van der Waals surface area (Å²) in [6.45, 7) is 0. The lowest BCUT2D eigenvalue weighted by atomic mass is 9.92. The second kappa shape index (κ2) is 8.45. The first-order chi connectivity index (χ1) is 16.8. The van der Waals surface area contributed by atoms with Crippen molar-refractivity contribution in [2.45, 2.75) is 74.7 Å². The first-order valence-corrected chi connectivity index (χ1v) is 13.5. The fraction of sp³-hybridized carbons (Fsp3) is 0.571. The number of aromatic hydroxyl groups is 1. The van der Waals surface area contributed by atoms with Crippen LogP contribution in [0.25, 0.3) is 11.7 Å². The van der Waals surface area contributed by atoms with E-state index in [1.165, 1.54) is 0 Å². The summed E-state index contributed by atoms with van der Waals surface area (Å²) in [5.41, 5.74) is 0.652. The Hall–Kier alpha value is -3.26. The molecule has 0 aliphatic heterocycles. The van der Waals surface area contributed by atoms with Gasteiger partial charge in [0.2, 0.25) is 21.9 Å². The monoisotopic (exact) mass is 501 g/mol. The van der Waals surface area contributed by atoms with Crippen molar-refractivity contribution in [3.05, 3.63) is 33.2 Å². The number of H-pyrrole nitrogens is 2. The fourth-order valence-electron chi connectivity index (χ4n) is 4.39. The maximum absolute atomic E-state index is 12.2. The molecule has 3 heterocycles. The molecule has 0 unspecified atom stereocenters. The van der Waals surface area contributed by atoms with Gasteiger partial charge in [0.05, 0.1) is 17.5 Å². The van der Waals surface area contributed by atoms with Crippen LogP contribution >= 0.6 is 0 Å². The SMILES string of the molecule is O=c1[nH]c(O)c(C=c2cnn3c(=NC4CC4)nc(NC4CCC(NS(=O)(=O)C5CC5)CC4)nc23)[nH]1. The Bertz CT molecular complexity index is 1540. The first kappa shape index (κ1) is 22.2. The smallest absolute Gasteiger partial charge is 0.326 e. The molecule has 13 nitrogen and oxygen atoms in total. The highest BCUT2D eigenvalue weighted by molar-refractivity contribution is 7.90. The average molecular weight is 502 g/mol. The zero-order valence-electron chi connectivity index (χ0n) is 18.9. The molecule has 0 amide bonds. The minimum absolute atomic E-state index is 0.0327. The van der Waals surface area contributed by atoms with Crippen molar-refractivity contribution >= 4 is 27.7 Å². The van der Waals surface area contributed by atoms with Crippen LogP contribution in [0.5, 0.6) is 5.88 Å². The number of hydrogen-bond donors (Lipinski definition) is 5. The van der Waals surface area contributed by atoms with Gasteiger partial charge >= 0.3 is 5.69 Å². The first-order valence-electron chi connectivity index (χ1n) is 11.9. The lowest BCUT2D eigenvalue weighted by Crippen LogP contribution is -2.41. The number of hydrogen-bond acceptors (Lipinski definition) is 9. The molecule has 3 aromatic heterocycles. The number of anilines is 1. The lowest BCUT2D eigenvalue weighted by Gasteiger charge is -2.29. The Morgan fingerprint density at radius 3 is 2.46 bits per heavy atom. The minimum Gasteiger partial charge on any atom is -0.493 e. The van der Waals surface area contributed by atoms with Crippen LogP contribution in [0.2, 0.25) is 0 Å². The van der Waals surface area contributed by atoms with Gasteiger partial charge in [-0.15, -0.1) is 0 Å². The Morgan fingerprint density at radius 1 is 1.06 bits per heavy atom. The molecule has 6 rings (SSSR count). The molecular weight excluding hydrogens is 474 g/mol. The summed E-state index contributed by atoms with van der Waals surface area (Å²) < 4.78 is 28.9. The zero-order chi connectivity index (χ0) is 24.2. The third kappa shape index (κ3) is 4.80. The highest BCUT2D eigenvalue weighted by atomic mass is 32.2. The summed E-state index contributed by atoms with van der Waals surface area (Å²) >= 11 is 0. The number of aromatic amines is 2. The molecule has 0 atom stereocenters. The van der Waals surface area contributed by atoms with Gasteiger partial charge in [-0.3, -0.25) is 4.98 Å². The van der Waals surface area contributed by atoms with Gasteiger partial charge in [-0.05, 0) is 57.4 Å². The Morgan fingerprint density at radius 2 is 1.80 bits per heavy atom. The van der Waals surface area contributed by atoms with E-state index in [2.05, 4.69) is 40.1 Å². The maximum atomic E-state index is 12.2. The van der Waals surface area contributed by atoms with Gasteiger partial charge < -0.3 is 15.4 Å². The molecule has 0 radical (unpaired) electrons. The van der Waals surface area contributed by atoms with Crippen LogP contribution < -0.4 is 26.6 Å². The molecule has 3 saturated carbocycles. The number of nitrogens with one attached hydrogen (secondary N) is 4. The quantitative estimate of drug-likeness (QED) is 0.280. The van der Waals surface area contributed by atoms with Crippen molar-refractivity contribution in [1.82, 2.24) is 34.3 Å². The van der Waals surface area contributed by atoms with Crippen molar-refractivity contribution < 1.29 is 13.5 Å². The largest absolute Gasteiger partial charge is 0.493 e. The third-order valence-electron chi connectivity index (χ3n) is 6.61. The number of aromatic nitrogens is 6. The maximum Gasteiger partial charge on any atom is 0.326 e. The number of sulfonamides is 1. The molecule has 0 aromatic carbocycles. The van der Waals surface area contributed by atoms with Crippen molar-refractivity contribution in [3.8, 4) is 5.88 Å². The van der Waals surface area contributed by atoms with Gasteiger partial charge in [0, 0.05) is 17.3 Å². The van der Waals surface area contributed by atoms with E-state index < -0.39 is 15.7 Å². The van der Waals surface area contributed by atoms with Gasteiger partial charge in [-0.1, -0.05) is 0 Å². The van der Waals surface area contributed by atoms with Crippen LogP contribution in [0, 0.1) is 0 Å². The van der Waals surface area contributed by atoms with Crippen LogP contribution in [0.4, 0.5) is 5.95 Å². The summed E-state index contributed by atoms with van der Waals surface area (Å²) in [5, 5.41) is 18.1. The second-order valence-electron chi connectivity index (χ2n) is 9.58. The van der Waals surface area contributed by atoms with Crippen LogP contribution in [-0.4, -0.2) is 66.4 Å². The summed E-state index contributed by atoms with van der Waals surface area (Å²) in [6, 6.07) is 0.292. The van der Waals surface area contributed by atoms with Gasteiger partial charge in [0.25, 0.3) is 5.62 Å². The van der Waals surface area contributed by atoms with Gasteiger partial charge in [-0.2, -0.15) is 19.6 Å². The van der Waals surface area contributed by atoms with Crippen LogP contribution in [-0.2, 0) is 10.0 Å². The summed E-state index contributed by atoms with van der Waals surface area (Å²) in [7, 11) is -3.19. The molecule has 14 heteroatoms. The van der Waals surface area contributed by atoms with Gasteiger partial charge in [-0.25, -0.2) is 22.9 Å². The van der Waals surface area contributed by atoms with Crippen LogP contribution in [0.3, 0.4) is 0 Å². The predicted molar refractivity (Wildman–Crippen MR) is 126 cm³/mol. The number of imidazole rings is 1. The minimum atomic E-state index is -3.19. The average Bonchev–Trinajstić information content (AvgIpc) is 3.73. The van der Waals surface area contributed by atoms with E-state index in [0.717, 1.165) is 51.4 Å². The molecule has 3 aliphatic carbocycles. The molecule has 3 fully saturated rings. The van der Waals surface area contributed by atoms with E-state index in [0.29, 0.717) is 22.4 Å². The Labute approximate surface area is 199 Å². The van der Waals surface area contributed by atoms with E-state index in [4.69, 9.17) is 0 Å². The predicted octanol–water partition coefficient (Wildman–Crippen LogP) is -0.738. The molecule has 3 aliphatic rings. The van der Waals surface area contributed by atoms with Crippen molar-refractivity contribution in [2.75, 3.05) is 5.32 Å². The zero-order valence-corrected chi connectivity index (χ0v) is 19.8. The third-order valence-corrected chi connectivity index (χ3v) is 8.62. The van der Waals surface area contributed by atoms with E-state index >= 15 is 0 Å². The summed E-state index contributed by atoms with van der Waals surface area (Å²) in [4.78, 5) is 30.2. The molecule has 0 bridgehead atoms. The molecule has 5 N–H and O–H groups in total. The molecule has 0 saturated heterocycles. The summed E-state index contributed by atoms with van der Waals surface area (Å²) in [6.07, 6.45) is 9.78. The highest BCUT2D eigenvalue weighted by Crippen LogP contribution is 2.29. The standard InChI is InChI=1S/C21H27N9O4S/c31-18-16(25-21(32)27-18)9-11-10-22-30-17(11)26-19(28-20(30)24-13-1-2-13)23-12-3-5-14(6-4-12)29-35(33,34)15-7-8-15/h9-10,12-15,29,31H,1-8H2,(H,23,24,28)(H2,25,27,32). The van der Waals surface area contributed by atoms with Crippen LogP contribution in [0.1, 0.15) is 57.1 Å². The molecule has 0 spiro atoms. The normalized spacial score (nSPS) is 24.3. The van der Waals surface area contributed by atoms with Gasteiger partial charge in [0.1, 0.15) is 5.69 Å². The van der Waals surface area contributed by atoms with E-state index in [9.17, 15) is 18.3 Å². The number of fused-ring (bicyclic) bond motifs is 1. The van der Waals surface area contributed by atoms with E-state index in [1.54, 1.807) is 16.8 Å². The lowest BCUT2D eigenvalue weighted by molar-refractivity contribution is 0.386. The fourth-order valence-corrected chi connectivity index (χ4v) is 6.04. The Kier molecular flexibility index (Phi) is 5.36. The molecule has 3 aromatic rings. The number of rotatable bonds is 7. The molecular formula is C21H27N9O4S. The highest BCUT2D eigenvalue weighted by Gasteiger charge is 2.37. The van der Waals surface area contributed by atoms with Crippen molar-refractivity contribution in [2.24, 2.45) is 4.99 Å². The van der Waals surface area contributed by atoms with Gasteiger partial charge in [0.15, 0.2) is 5.65 Å².